The summed E-state index contributed by atoms with van der Waals surface area (Å²) in [6, 6.07) is 13.3. The molecule has 0 unspecified atom stereocenters. The third kappa shape index (κ3) is 5.27. The lowest BCUT2D eigenvalue weighted by atomic mass is 10.1. The normalized spacial score (nSPS) is 11.8. The molecule has 0 fully saturated rings. The molecule has 2 aromatic carbocycles. The number of aryl methyl sites for hydroxylation is 1. The van der Waals surface area contributed by atoms with Crippen molar-refractivity contribution in [3.05, 3.63) is 75.8 Å². The molecule has 7 heteroatoms. The van der Waals surface area contributed by atoms with Crippen molar-refractivity contribution in [1.82, 2.24) is 0 Å². The van der Waals surface area contributed by atoms with Gasteiger partial charge in [0.15, 0.2) is 6.10 Å². The highest BCUT2D eigenvalue weighted by Crippen LogP contribution is 2.23. The van der Waals surface area contributed by atoms with Crippen molar-refractivity contribution < 1.29 is 19.2 Å². The zero-order valence-corrected chi connectivity index (χ0v) is 14.3. The Balaban J connectivity index is 1.95. The van der Waals surface area contributed by atoms with Crippen molar-refractivity contribution in [1.29, 1.82) is 0 Å². The fourth-order valence-corrected chi connectivity index (χ4v) is 2.08. The average molecular weight is 354 g/mol. The second-order valence-corrected chi connectivity index (χ2v) is 5.59. The predicted molar refractivity (Wildman–Crippen MR) is 97.5 cm³/mol. The molecule has 7 nitrogen and oxygen atoms in total. The zero-order chi connectivity index (χ0) is 19.1. The van der Waals surface area contributed by atoms with E-state index in [2.05, 4.69) is 5.32 Å². The summed E-state index contributed by atoms with van der Waals surface area (Å²) in [5.74, 6) is -1.34. The van der Waals surface area contributed by atoms with Gasteiger partial charge in [0.1, 0.15) is 5.69 Å². The maximum absolute atomic E-state index is 12.1. The maximum atomic E-state index is 12.1. The van der Waals surface area contributed by atoms with Crippen LogP contribution in [0.3, 0.4) is 0 Å². The van der Waals surface area contributed by atoms with Gasteiger partial charge in [0.2, 0.25) is 0 Å². The molecule has 0 aliphatic carbocycles. The summed E-state index contributed by atoms with van der Waals surface area (Å²) in [7, 11) is 0. The molecule has 2 aromatic rings. The van der Waals surface area contributed by atoms with E-state index in [1.54, 1.807) is 12.1 Å². The van der Waals surface area contributed by atoms with E-state index < -0.39 is 22.9 Å². The summed E-state index contributed by atoms with van der Waals surface area (Å²) < 4.78 is 5.02. The van der Waals surface area contributed by atoms with E-state index in [-0.39, 0.29) is 11.4 Å². The van der Waals surface area contributed by atoms with Gasteiger partial charge in [-0.25, -0.2) is 4.79 Å². The van der Waals surface area contributed by atoms with E-state index in [0.29, 0.717) is 0 Å². The van der Waals surface area contributed by atoms with Gasteiger partial charge in [0.05, 0.1) is 4.92 Å². The van der Waals surface area contributed by atoms with Crippen LogP contribution < -0.4 is 5.32 Å². The van der Waals surface area contributed by atoms with E-state index >= 15 is 0 Å². The molecule has 0 aromatic heterocycles. The molecule has 26 heavy (non-hydrogen) atoms. The van der Waals surface area contributed by atoms with Crippen LogP contribution in [0.1, 0.15) is 18.1 Å². The molecule has 0 saturated heterocycles. The highest BCUT2D eigenvalue weighted by Gasteiger charge is 2.20. The fraction of sp³-hybridized carbons (Fsp3) is 0.158. The number of anilines is 1. The standard InChI is InChI=1S/C19H18N2O5/c1-13-7-9-15(10-8-13)11-12-18(22)26-14(2)19(23)20-16-5-3-4-6-17(16)21(24)25/h3-12,14H,1-2H3,(H,20,23)/b12-11+/t14-/m0/s1. The topological polar surface area (TPSA) is 98.5 Å². The Kier molecular flexibility index (Phi) is 6.21. The monoisotopic (exact) mass is 354 g/mol. The number of rotatable bonds is 6. The SMILES string of the molecule is Cc1ccc(/C=C/C(=O)O[C@@H](C)C(=O)Nc2ccccc2[N+](=O)[O-])cc1. The molecule has 0 aliphatic rings. The van der Waals surface area contributed by atoms with E-state index in [1.165, 1.54) is 31.2 Å². The second-order valence-electron chi connectivity index (χ2n) is 5.59. The molecule has 2 rings (SSSR count). The fourth-order valence-electron chi connectivity index (χ4n) is 2.08. The number of para-hydroxylation sites is 2. The summed E-state index contributed by atoms with van der Waals surface area (Å²) in [6.45, 7) is 3.35. The number of carbonyl (C=O) groups excluding carboxylic acids is 2. The number of benzene rings is 2. The van der Waals surface area contributed by atoms with Crippen LogP contribution in [-0.2, 0) is 14.3 Å². The Hall–Kier alpha value is -3.48. The average Bonchev–Trinajstić information content (AvgIpc) is 2.61. The van der Waals surface area contributed by atoms with Crippen molar-refractivity contribution >= 4 is 29.3 Å². The van der Waals surface area contributed by atoms with E-state index in [4.69, 9.17) is 4.74 Å². The van der Waals surface area contributed by atoms with Crippen LogP contribution in [-0.4, -0.2) is 22.9 Å². The molecule has 0 radical (unpaired) electrons. The summed E-state index contributed by atoms with van der Waals surface area (Å²) in [5, 5.41) is 13.3. The zero-order valence-electron chi connectivity index (χ0n) is 14.3. The molecule has 1 atom stereocenters. The minimum Gasteiger partial charge on any atom is -0.449 e. The van der Waals surface area contributed by atoms with Crippen molar-refractivity contribution in [3.63, 3.8) is 0 Å². The van der Waals surface area contributed by atoms with Gasteiger partial charge in [-0.1, -0.05) is 42.0 Å². The van der Waals surface area contributed by atoms with Gasteiger partial charge in [0.25, 0.3) is 11.6 Å². The van der Waals surface area contributed by atoms with Crippen molar-refractivity contribution in [2.24, 2.45) is 0 Å². The van der Waals surface area contributed by atoms with Gasteiger partial charge < -0.3 is 10.1 Å². The first-order chi connectivity index (χ1) is 12.4. The summed E-state index contributed by atoms with van der Waals surface area (Å²) in [6.07, 6.45) is 1.69. The molecule has 1 N–H and O–H groups in total. The molecule has 1 amide bonds. The third-order valence-electron chi connectivity index (χ3n) is 3.51. The highest BCUT2D eigenvalue weighted by molar-refractivity contribution is 5.98. The first-order valence-electron chi connectivity index (χ1n) is 7.86. The molecule has 0 bridgehead atoms. The first-order valence-corrected chi connectivity index (χ1v) is 7.86. The predicted octanol–water partition coefficient (Wildman–Crippen LogP) is 3.49. The van der Waals surface area contributed by atoms with Crippen LogP contribution in [0.2, 0.25) is 0 Å². The van der Waals surface area contributed by atoms with Gasteiger partial charge in [-0.05, 0) is 31.6 Å². The Morgan fingerprint density at radius 2 is 1.81 bits per heavy atom. The lowest BCUT2D eigenvalue weighted by Crippen LogP contribution is -2.29. The number of nitrogens with one attached hydrogen (secondary N) is 1. The minimum absolute atomic E-state index is 0.0422. The van der Waals surface area contributed by atoms with Gasteiger partial charge >= 0.3 is 5.97 Å². The number of hydrogen-bond donors (Lipinski definition) is 1. The number of ether oxygens (including phenoxy) is 1. The maximum Gasteiger partial charge on any atom is 0.331 e. The molecular weight excluding hydrogens is 336 g/mol. The van der Waals surface area contributed by atoms with E-state index in [0.717, 1.165) is 11.1 Å². The van der Waals surface area contributed by atoms with E-state index in [1.807, 2.05) is 31.2 Å². The van der Waals surface area contributed by atoms with Gasteiger partial charge in [-0.3, -0.25) is 14.9 Å². The summed E-state index contributed by atoms with van der Waals surface area (Å²) in [4.78, 5) is 34.3. The van der Waals surface area contributed by atoms with Crippen LogP contribution in [0.5, 0.6) is 0 Å². The molecule has 0 aliphatic heterocycles. The number of nitro groups is 1. The number of nitrogens with zero attached hydrogens (tertiary/aromatic N) is 1. The van der Waals surface area contributed by atoms with Gasteiger partial charge in [0, 0.05) is 12.1 Å². The summed E-state index contributed by atoms with van der Waals surface area (Å²) >= 11 is 0. The highest BCUT2D eigenvalue weighted by atomic mass is 16.6. The number of amides is 1. The number of carbonyl (C=O) groups is 2. The van der Waals surface area contributed by atoms with Gasteiger partial charge in [-0.2, -0.15) is 0 Å². The third-order valence-corrected chi connectivity index (χ3v) is 3.51. The molecule has 134 valence electrons. The van der Waals surface area contributed by atoms with Crippen molar-refractivity contribution in [2.45, 2.75) is 20.0 Å². The van der Waals surface area contributed by atoms with Crippen LogP contribution in [0, 0.1) is 17.0 Å². The molecule has 0 heterocycles. The minimum atomic E-state index is -1.11. The molecule has 0 spiro atoms. The Labute approximate surface area is 150 Å². The molecular formula is C19H18N2O5. The first kappa shape index (κ1) is 18.9. The molecule has 0 saturated carbocycles. The quantitative estimate of drug-likeness (QED) is 0.370. The number of esters is 1. The lowest BCUT2D eigenvalue weighted by Gasteiger charge is -2.12. The lowest BCUT2D eigenvalue weighted by molar-refractivity contribution is -0.383. The Morgan fingerprint density at radius 1 is 1.15 bits per heavy atom. The van der Waals surface area contributed by atoms with Crippen molar-refractivity contribution in [3.8, 4) is 0 Å². The number of hydrogen-bond acceptors (Lipinski definition) is 5. The Morgan fingerprint density at radius 3 is 2.46 bits per heavy atom. The Bertz CT molecular complexity index is 843. The van der Waals surface area contributed by atoms with Crippen molar-refractivity contribution in [2.75, 3.05) is 5.32 Å². The smallest absolute Gasteiger partial charge is 0.331 e. The second kappa shape index (κ2) is 8.57. The van der Waals surface area contributed by atoms with Crippen LogP contribution in [0.4, 0.5) is 11.4 Å². The van der Waals surface area contributed by atoms with Crippen LogP contribution >= 0.6 is 0 Å². The van der Waals surface area contributed by atoms with Crippen LogP contribution in [0.25, 0.3) is 6.08 Å². The van der Waals surface area contributed by atoms with Gasteiger partial charge in [-0.15, -0.1) is 0 Å². The summed E-state index contributed by atoms with van der Waals surface area (Å²) in [5.41, 5.74) is 1.73. The number of nitro benzene ring substituents is 1. The van der Waals surface area contributed by atoms with Crippen LogP contribution in [0.15, 0.2) is 54.6 Å². The van der Waals surface area contributed by atoms with E-state index in [9.17, 15) is 19.7 Å². The largest absolute Gasteiger partial charge is 0.449 e.